The van der Waals surface area contributed by atoms with Crippen LogP contribution in [0, 0.1) is 17.2 Å². The number of hydrogen-bond donors (Lipinski definition) is 1. The van der Waals surface area contributed by atoms with Crippen molar-refractivity contribution in [1.82, 2.24) is 4.90 Å². The fourth-order valence-electron chi connectivity index (χ4n) is 3.27. The Bertz CT molecular complexity index is 231. The Balaban J connectivity index is 1.86. The van der Waals surface area contributed by atoms with Gasteiger partial charge in [-0.1, -0.05) is 26.2 Å². The fourth-order valence-corrected chi connectivity index (χ4v) is 3.27. The van der Waals surface area contributed by atoms with E-state index in [4.69, 9.17) is 5.41 Å². The van der Waals surface area contributed by atoms with Gasteiger partial charge in [0.2, 0.25) is 0 Å². The molecule has 2 heteroatoms. The molecule has 2 nitrogen and oxygen atoms in total. The molecule has 1 N–H and O–H groups in total. The van der Waals surface area contributed by atoms with E-state index in [1.165, 1.54) is 51.4 Å². The summed E-state index contributed by atoms with van der Waals surface area (Å²) in [6, 6.07) is 0. The largest absolute Gasteiger partial charge is 0.360 e. The highest BCUT2D eigenvalue weighted by Crippen LogP contribution is 2.28. The number of hydrogen-bond acceptors (Lipinski definition) is 1. The van der Waals surface area contributed by atoms with Crippen LogP contribution >= 0.6 is 0 Å². The van der Waals surface area contributed by atoms with Crippen molar-refractivity contribution in [2.45, 2.75) is 58.3 Å². The quantitative estimate of drug-likeness (QED) is 0.560. The third-order valence-corrected chi connectivity index (χ3v) is 4.51. The number of rotatable bonds is 2. The molecule has 1 aliphatic heterocycles. The van der Waals surface area contributed by atoms with E-state index >= 15 is 0 Å². The Kier molecular flexibility index (Phi) is 4.25. The second-order valence-corrected chi connectivity index (χ2v) is 5.56. The van der Waals surface area contributed by atoms with Crippen molar-refractivity contribution in [3.8, 4) is 0 Å². The average molecular weight is 222 g/mol. The van der Waals surface area contributed by atoms with E-state index in [2.05, 4.69) is 11.8 Å². The Morgan fingerprint density at radius 3 is 2.50 bits per heavy atom. The molecule has 0 aromatic heterocycles. The molecule has 1 aliphatic carbocycles. The zero-order chi connectivity index (χ0) is 11.4. The summed E-state index contributed by atoms with van der Waals surface area (Å²) in [6.45, 7) is 4.60. The van der Waals surface area contributed by atoms with E-state index in [1.807, 2.05) is 0 Å². The molecule has 1 saturated heterocycles. The normalized spacial score (nSPS) is 28.1. The van der Waals surface area contributed by atoms with Crippen molar-refractivity contribution >= 4 is 5.84 Å². The molecule has 0 aromatic rings. The molecular weight excluding hydrogens is 196 g/mol. The molecule has 1 unspecified atom stereocenters. The Morgan fingerprint density at radius 2 is 1.81 bits per heavy atom. The van der Waals surface area contributed by atoms with Gasteiger partial charge < -0.3 is 4.90 Å². The van der Waals surface area contributed by atoms with E-state index in [1.54, 1.807) is 0 Å². The van der Waals surface area contributed by atoms with Crippen LogP contribution in [0.4, 0.5) is 0 Å². The van der Waals surface area contributed by atoms with Crippen molar-refractivity contribution in [3.63, 3.8) is 0 Å². The molecule has 2 fully saturated rings. The molecule has 0 aromatic carbocycles. The van der Waals surface area contributed by atoms with E-state index in [0.717, 1.165) is 24.8 Å². The smallest absolute Gasteiger partial charge is 0.0989 e. The second-order valence-electron chi connectivity index (χ2n) is 5.56. The van der Waals surface area contributed by atoms with Crippen LogP contribution in [0.5, 0.6) is 0 Å². The van der Waals surface area contributed by atoms with Gasteiger partial charge in [-0.05, 0) is 38.0 Å². The van der Waals surface area contributed by atoms with Gasteiger partial charge in [-0.15, -0.1) is 0 Å². The summed E-state index contributed by atoms with van der Waals surface area (Å²) in [7, 11) is 0. The SMILES string of the molecule is CCC1CCCN(C(=N)C2CCCC2)CC1. The van der Waals surface area contributed by atoms with Gasteiger partial charge in [0, 0.05) is 19.0 Å². The highest BCUT2D eigenvalue weighted by molar-refractivity contribution is 5.81. The third-order valence-electron chi connectivity index (χ3n) is 4.51. The second kappa shape index (κ2) is 5.70. The van der Waals surface area contributed by atoms with Crippen molar-refractivity contribution in [1.29, 1.82) is 5.41 Å². The summed E-state index contributed by atoms with van der Waals surface area (Å²) in [4.78, 5) is 2.38. The Morgan fingerprint density at radius 1 is 1.06 bits per heavy atom. The van der Waals surface area contributed by atoms with Gasteiger partial charge >= 0.3 is 0 Å². The summed E-state index contributed by atoms with van der Waals surface area (Å²) >= 11 is 0. The zero-order valence-corrected chi connectivity index (χ0v) is 10.7. The fraction of sp³-hybridized carbons (Fsp3) is 0.929. The van der Waals surface area contributed by atoms with Gasteiger partial charge in [-0.25, -0.2) is 0 Å². The predicted molar refractivity (Wildman–Crippen MR) is 68.9 cm³/mol. The maximum atomic E-state index is 8.33. The standard InChI is InChI=1S/C14H26N2/c1-2-12-6-5-10-16(11-9-12)14(15)13-7-3-4-8-13/h12-13,15H,2-11H2,1H3. The van der Waals surface area contributed by atoms with Gasteiger partial charge in [0.25, 0.3) is 0 Å². The molecular formula is C14H26N2. The molecule has 1 saturated carbocycles. The highest BCUT2D eigenvalue weighted by Gasteiger charge is 2.25. The van der Waals surface area contributed by atoms with Crippen molar-refractivity contribution < 1.29 is 0 Å². The first-order valence-corrected chi connectivity index (χ1v) is 7.14. The number of nitrogens with zero attached hydrogens (tertiary/aromatic N) is 1. The maximum absolute atomic E-state index is 8.33. The highest BCUT2D eigenvalue weighted by atomic mass is 15.2. The Labute approximate surface area is 99.9 Å². The average Bonchev–Trinajstić information content (AvgIpc) is 2.73. The lowest BCUT2D eigenvalue weighted by Gasteiger charge is -2.27. The van der Waals surface area contributed by atoms with Crippen molar-refractivity contribution in [3.05, 3.63) is 0 Å². The maximum Gasteiger partial charge on any atom is 0.0989 e. The third kappa shape index (κ3) is 2.78. The van der Waals surface area contributed by atoms with E-state index < -0.39 is 0 Å². The van der Waals surface area contributed by atoms with Gasteiger partial charge in [-0.2, -0.15) is 0 Å². The molecule has 0 bridgehead atoms. The van der Waals surface area contributed by atoms with Crippen LogP contribution in [0.25, 0.3) is 0 Å². The van der Waals surface area contributed by atoms with Crippen LogP contribution in [-0.4, -0.2) is 23.8 Å². The van der Waals surface area contributed by atoms with Gasteiger partial charge in [0.15, 0.2) is 0 Å². The topological polar surface area (TPSA) is 27.1 Å². The lowest BCUT2D eigenvalue weighted by molar-refractivity contribution is 0.389. The van der Waals surface area contributed by atoms with E-state index in [9.17, 15) is 0 Å². The number of nitrogens with one attached hydrogen (secondary N) is 1. The minimum absolute atomic E-state index is 0.596. The molecule has 0 radical (unpaired) electrons. The monoisotopic (exact) mass is 222 g/mol. The lowest BCUT2D eigenvalue weighted by atomic mass is 9.98. The van der Waals surface area contributed by atoms with Crippen LogP contribution in [0.1, 0.15) is 58.3 Å². The molecule has 92 valence electrons. The van der Waals surface area contributed by atoms with Crippen molar-refractivity contribution in [2.75, 3.05) is 13.1 Å². The number of likely N-dealkylation sites (tertiary alicyclic amines) is 1. The predicted octanol–water partition coefficient (Wildman–Crippen LogP) is 3.67. The first kappa shape index (κ1) is 11.9. The van der Waals surface area contributed by atoms with Crippen LogP contribution in [-0.2, 0) is 0 Å². The minimum Gasteiger partial charge on any atom is -0.360 e. The molecule has 1 heterocycles. The lowest BCUT2D eigenvalue weighted by Crippen LogP contribution is -2.35. The first-order chi connectivity index (χ1) is 7.81. The molecule has 2 rings (SSSR count). The minimum atomic E-state index is 0.596. The number of amidine groups is 1. The van der Waals surface area contributed by atoms with Crippen molar-refractivity contribution in [2.24, 2.45) is 11.8 Å². The molecule has 2 aliphatic rings. The molecule has 1 atom stereocenters. The van der Waals surface area contributed by atoms with Gasteiger partial charge in [0.05, 0.1) is 5.84 Å². The van der Waals surface area contributed by atoms with E-state index in [0.29, 0.717) is 5.92 Å². The van der Waals surface area contributed by atoms with E-state index in [-0.39, 0.29) is 0 Å². The summed E-state index contributed by atoms with van der Waals surface area (Å²) in [5.41, 5.74) is 0. The zero-order valence-electron chi connectivity index (χ0n) is 10.7. The van der Waals surface area contributed by atoms with Crippen LogP contribution < -0.4 is 0 Å². The first-order valence-electron chi connectivity index (χ1n) is 7.14. The molecule has 0 spiro atoms. The van der Waals surface area contributed by atoms with Gasteiger partial charge in [-0.3, -0.25) is 5.41 Å². The summed E-state index contributed by atoms with van der Waals surface area (Å²) in [6.07, 6.45) is 10.5. The molecule has 0 amide bonds. The van der Waals surface area contributed by atoms with Gasteiger partial charge in [0.1, 0.15) is 0 Å². The Hall–Kier alpha value is -0.530. The van der Waals surface area contributed by atoms with Crippen LogP contribution in [0.3, 0.4) is 0 Å². The summed E-state index contributed by atoms with van der Waals surface area (Å²) < 4.78 is 0. The molecule has 16 heavy (non-hydrogen) atoms. The summed E-state index contributed by atoms with van der Waals surface area (Å²) in [5.74, 6) is 2.48. The van der Waals surface area contributed by atoms with Crippen LogP contribution in [0.15, 0.2) is 0 Å². The van der Waals surface area contributed by atoms with Crippen LogP contribution in [0.2, 0.25) is 0 Å². The summed E-state index contributed by atoms with van der Waals surface area (Å²) in [5, 5.41) is 8.33.